The third-order valence-corrected chi connectivity index (χ3v) is 6.11. The van der Waals surface area contributed by atoms with Gasteiger partial charge in [-0.1, -0.05) is 34.7 Å². The van der Waals surface area contributed by atoms with Crippen molar-refractivity contribution in [2.24, 2.45) is 0 Å². The first-order valence-corrected chi connectivity index (χ1v) is 10.8. The molecule has 0 unspecified atom stereocenters. The van der Waals surface area contributed by atoms with Gasteiger partial charge >= 0.3 is 6.09 Å². The molecule has 0 spiro atoms. The second kappa shape index (κ2) is 7.92. The first-order chi connectivity index (χ1) is 12.3. The molecule has 2 saturated heterocycles. The van der Waals surface area contributed by atoms with Gasteiger partial charge in [-0.3, -0.25) is 9.80 Å². The molecule has 0 aliphatic carbocycles. The van der Waals surface area contributed by atoms with Crippen LogP contribution in [-0.2, 0) is 11.3 Å². The van der Waals surface area contributed by atoms with Gasteiger partial charge in [0.05, 0.1) is 13.2 Å². The van der Waals surface area contributed by atoms with Crippen molar-refractivity contribution in [3.8, 4) is 5.75 Å². The fourth-order valence-electron chi connectivity index (χ4n) is 4.07. The zero-order valence-corrected chi connectivity index (χ0v) is 18.2. The summed E-state index contributed by atoms with van der Waals surface area (Å²) in [5.41, 5.74) is 0.835. The topological polar surface area (TPSA) is 42.0 Å². The van der Waals surface area contributed by atoms with E-state index in [0.29, 0.717) is 6.04 Å². The number of halogens is 1. The summed E-state index contributed by atoms with van der Waals surface area (Å²) in [5.74, 6) is 0.883. The van der Waals surface area contributed by atoms with Gasteiger partial charge in [0.2, 0.25) is 0 Å². The molecular formula is C20H29IN2O3. The molecule has 1 aromatic carbocycles. The van der Waals surface area contributed by atoms with Crippen LogP contribution in [0.2, 0.25) is 0 Å². The molecule has 3 rings (SSSR count). The Morgan fingerprint density at radius 1 is 1.23 bits per heavy atom. The Kier molecular flexibility index (Phi) is 6.01. The summed E-state index contributed by atoms with van der Waals surface area (Å²) in [6.07, 6.45) is 1.98. The van der Waals surface area contributed by atoms with Crippen molar-refractivity contribution in [3.05, 3.63) is 29.8 Å². The molecule has 2 bridgehead atoms. The van der Waals surface area contributed by atoms with Crippen molar-refractivity contribution in [2.45, 2.75) is 63.9 Å². The summed E-state index contributed by atoms with van der Waals surface area (Å²) in [6, 6.07) is 9.16. The Bertz CT molecular complexity index is 629. The van der Waals surface area contributed by atoms with Gasteiger partial charge in [0.15, 0.2) is 0 Å². The van der Waals surface area contributed by atoms with Crippen molar-refractivity contribution in [1.29, 1.82) is 0 Å². The summed E-state index contributed by atoms with van der Waals surface area (Å²) in [5, 5.41) is 0. The van der Waals surface area contributed by atoms with Crippen LogP contribution in [0.15, 0.2) is 24.3 Å². The van der Waals surface area contributed by atoms with Crippen LogP contribution in [0.3, 0.4) is 0 Å². The Hall–Kier alpha value is -1.02. The molecule has 0 N–H and O–H groups in total. The third-order valence-electron chi connectivity index (χ3n) is 5.21. The molecule has 2 aliphatic heterocycles. The van der Waals surface area contributed by atoms with Gasteiger partial charge in [0.1, 0.15) is 11.4 Å². The average Bonchev–Trinajstić information content (AvgIpc) is 2.90. The Labute approximate surface area is 170 Å². The van der Waals surface area contributed by atoms with Crippen LogP contribution in [0.1, 0.15) is 39.2 Å². The summed E-state index contributed by atoms with van der Waals surface area (Å²) < 4.78 is 11.9. The highest BCUT2D eigenvalue weighted by atomic mass is 127. The van der Waals surface area contributed by atoms with Crippen LogP contribution >= 0.6 is 22.6 Å². The number of alkyl halides is 1. The lowest BCUT2D eigenvalue weighted by Crippen LogP contribution is -2.62. The second-order valence-corrected chi connectivity index (χ2v) is 9.07. The maximum Gasteiger partial charge on any atom is 0.410 e. The second-order valence-electron chi connectivity index (χ2n) is 8.19. The smallest absolute Gasteiger partial charge is 0.410 e. The zero-order chi connectivity index (χ0) is 18.9. The molecule has 144 valence electrons. The minimum atomic E-state index is -0.448. The molecule has 1 amide bonds. The number of methoxy groups -OCH3 is 1. The van der Waals surface area contributed by atoms with Crippen molar-refractivity contribution >= 4 is 28.7 Å². The van der Waals surface area contributed by atoms with E-state index < -0.39 is 5.60 Å². The molecule has 2 aliphatic rings. The quantitative estimate of drug-likeness (QED) is 0.489. The minimum absolute atomic E-state index is 0.149. The van der Waals surface area contributed by atoms with E-state index >= 15 is 0 Å². The van der Waals surface area contributed by atoms with Crippen LogP contribution < -0.4 is 4.74 Å². The Morgan fingerprint density at radius 3 is 2.50 bits per heavy atom. The summed E-state index contributed by atoms with van der Waals surface area (Å²) in [7, 11) is 1.69. The van der Waals surface area contributed by atoms with Crippen molar-refractivity contribution < 1.29 is 14.3 Å². The zero-order valence-electron chi connectivity index (χ0n) is 16.1. The fourth-order valence-corrected chi connectivity index (χ4v) is 5.21. The van der Waals surface area contributed by atoms with E-state index in [2.05, 4.69) is 39.6 Å². The molecule has 6 heteroatoms. The minimum Gasteiger partial charge on any atom is -0.497 e. The number of fused-ring (bicyclic) bond motifs is 2. The lowest BCUT2D eigenvalue weighted by atomic mass is 10.0. The Morgan fingerprint density at radius 2 is 1.92 bits per heavy atom. The van der Waals surface area contributed by atoms with Crippen LogP contribution in [0.25, 0.3) is 0 Å². The third kappa shape index (κ3) is 4.27. The number of carbonyl (C=O) groups excluding carboxylic acids is 1. The highest BCUT2D eigenvalue weighted by Gasteiger charge is 2.48. The monoisotopic (exact) mass is 472 g/mol. The van der Waals surface area contributed by atoms with Crippen molar-refractivity contribution in [2.75, 3.05) is 18.1 Å². The van der Waals surface area contributed by atoms with Crippen LogP contribution in [0, 0.1) is 0 Å². The summed E-state index contributed by atoms with van der Waals surface area (Å²) >= 11 is 2.45. The van der Waals surface area contributed by atoms with Gasteiger partial charge in [-0.25, -0.2) is 4.79 Å². The van der Waals surface area contributed by atoms with E-state index in [1.807, 2.05) is 37.8 Å². The SMILES string of the molecule is COc1ccc(CN2C[C@H]3CC[C@@H]([C@H]2CI)N3C(=O)OC(C)(C)C)cc1. The van der Waals surface area contributed by atoms with E-state index in [-0.39, 0.29) is 18.2 Å². The van der Waals surface area contributed by atoms with Gasteiger partial charge in [-0.2, -0.15) is 0 Å². The number of benzene rings is 1. The molecule has 26 heavy (non-hydrogen) atoms. The predicted molar refractivity (Wildman–Crippen MR) is 111 cm³/mol. The van der Waals surface area contributed by atoms with Gasteiger partial charge < -0.3 is 9.47 Å². The van der Waals surface area contributed by atoms with E-state index in [1.165, 1.54) is 5.56 Å². The molecule has 0 saturated carbocycles. The maximum absolute atomic E-state index is 12.7. The lowest BCUT2D eigenvalue weighted by molar-refractivity contribution is -0.0195. The standard InChI is InChI=1S/C20H29IN2O3/c1-20(2,3)26-19(24)23-15-7-10-17(23)18(11-21)22(13-15)12-14-5-8-16(25-4)9-6-14/h5-6,8-9,15,17-18H,7,10-13H2,1-4H3/t15-,17+,18-/m1/s1. The predicted octanol–water partition coefficient (Wildman–Crippen LogP) is 4.08. The molecule has 1 aromatic rings. The van der Waals surface area contributed by atoms with E-state index in [9.17, 15) is 4.79 Å². The summed E-state index contributed by atoms with van der Waals surface area (Å²) in [6.45, 7) is 7.62. The number of hydrogen-bond acceptors (Lipinski definition) is 4. The maximum atomic E-state index is 12.7. The first kappa shape index (κ1) is 19.7. The van der Waals surface area contributed by atoms with Crippen LogP contribution in [-0.4, -0.2) is 57.7 Å². The highest BCUT2D eigenvalue weighted by Crippen LogP contribution is 2.37. The number of likely N-dealkylation sites (tertiary alicyclic amines) is 1. The van der Waals surface area contributed by atoms with E-state index in [4.69, 9.17) is 9.47 Å². The number of rotatable bonds is 4. The number of amides is 1. The number of carbonyl (C=O) groups is 1. The number of hydrogen-bond donors (Lipinski definition) is 0. The molecule has 2 heterocycles. The highest BCUT2D eigenvalue weighted by molar-refractivity contribution is 14.1. The first-order valence-electron chi connectivity index (χ1n) is 9.26. The van der Waals surface area contributed by atoms with Crippen LogP contribution in [0.4, 0.5) is 4.79 Å². The molecule has 2 fully saturated rings. The molecule has 0 aromatic heterocycles. The normalized spacial score (nSPS) is 26.0. The Balaban J connectivity index is 1.72. The van der Waals surface area contributed by atoms with Gasteiger partial charge in [0, 0.05) is 29.6 Å². The number of piperazine rings is 1. The number of nitrogens with zero attached hydrogens (tertiary/aromatic N) is 2. The molecule has 5 nitrogen and oxygen atoms in total. The van der Waals surface area contributed by atoms with Gasteiger partial charge in [-0.15, -0.1) is 0 Å². The number of ether oxygens (including phenoxy) is 2. The molecule has 0 radical (unpaired) electrons. The van der Waals surface area contributed by atoms with Gasteiger partial charge in [0.25, 0.3) is 0 Å². The van der Waals surface area contributed by atoms with Crippen molar-refractivity contribution in [1.82, 2.24) is 9.80 Å². The molecular weight excluding hydrogens is 443 g/mol. The van der Waals surface area contributed by atoms with Gasteiger partial charge in [-0.05, 0) is 51.3 Å². The van der Waals surface area contributed by atoms with Crippen molar-refractivity contribution in [3.63, 3.8) is 0 Å². The molecule has 3 atom stereocenters. The van der Waals surface area contributed by atoms with E-state index in [1.54, 1.807) is 7.11 Å². The van der Waals surface area contributed by atoms with E-state index in [0.717, 1.165) is 36.1 Å². The fraction of sp³-hybridized carbons (Fsp3) is 0.650. The lowest BCUT2D eigenvalue weighted by Gasteiger charge is -2.46. The van der Waals surface area contributed by atoms with Crippen LogP contribution in [0.5, 0.6) is 5.75 Å². The average molecular weight is 472 g/mol. The summed E-state index contributed by atoms with van der Waals surface area (Å²) in [4.78, 5) is 17.3. The largest absolute Gasteiger partial charge is 0.497 e.